The Balaban J connectivity index is 1.86. The Morgan fingerprint density at radius 3 is 2.57 bits per heavy atom. The Morgan fingerprint density at radius 1 is 1.00 bits per heavy atom. The van der Waals surface area contributed by atoms with Crippen LogP contribution in [0, 0.1) is 0 Å². The van der Waals surface area contributed by atoms with Crippen LogP contribution < -0.4 is 0 Å². The first-order valence-electron chi connectivity index (χ1n) is 10.2. The highest BCUT2D eigenvalue weighted by Crippen LogP contribution is 2.47. The fourth-order valence-electron chi connectivity index (χ4n) is 4.62. The van der Waals surface area contributed by atoms with Gasteiger partial charge in [0, 0.05) is 22.9 Å². The second-order valence-electron chi connectivity index (χ2n) is 8.68. The summed E-state index contributed by atoms with van der Waals surface area (Å²) in [6.45, 7) is 10.1. The van der Waals surface area contributed by atoms with Gasteiger partial charge >= 0.3 is 0 Å². The molecule has 3 heterocycles. The average molecular weight is 483 g/mol. The minimum Gasteiger partial charge on any atom is -0.455 e. The molecule has 2 atom stereocenters. The molecule has 0 bridgehead atoms. The third kappa shape index (κ3) is 2.66. The van der Waals surface area contributed by atoms with Gasteiger partial charge in [-0.3, -0.25) is 0 Å². The quantitative estimate of drug-likeness (QED) is 0.274. The van der Waals surface area contributed by atoms with Crippen LogP contribution >= 0.6 is 22.6 Å². The summed E-state index contributed by atoms with van der Waals surface area (Å²) in [5, 5.41) is 2.52. The van der Waals surface area contributed by atoms with Crippen molar-refractivity contribution in [3.63, 3.8) is 0 Å². The number of hydrogen-bond donors (Lipinski definition) is 0. The van der Waals surface area contributed by atoms with E-state index in [2.05, 4.69) is 104 Å². The standard InChI is InChI=1S/C25H26INO/c1-14(2)16-11-19(15(3)4)24-20(12-16)17-8-9-18-21(26)13-27-10-6-5-7-22(27)23(18)25(17)28-24/h5-12,14-15,21-22H,13H2,1-4H3. The summed E-state index contributed by atoms with van der Waals surface area (Å²) >= 11 is 2.58. The molecule has 5 rings (SSSR count). The fraction of sp³-hybridized carbons (Fsp3) is 0.360. The summed E-state index contributed by atoms with van der Waals surface area (Å²) in [5.41, 5.74) is 7.63. The maximum absolute atomic E-state index is 6.69. The molecule has 0 spiro atoms. The van der Waals surface area contributed by atoms with Crippen molar-refractivity contribution in [1.29, 1.82) is 0 Å². The highest BCUT2D eigenvalue weighted by Gasteiger charge is 2.33. The fourth-order valence-corrected chi connectivity index (χ4v) is 5.62. The maximum Gasteiger partial charge on any atom is 0.141 e. The van der Waals surface area contributed by atoms with Crippen molar-refractivity contribution in [2.75, 3.05) is 6.54 Å². The Hall–Kier alpha value is -1.75. The van der Waals surface area contributed by atoms with Crippen molar-refractivity contribution in [2.24, 2.45) is 0 Å². The van der Waals surface area contributed by atoms with Crippen LogP contribution in [0.3, 0.4) is 0 Å². The Labute approximate surface area is 180 Å². The molecule has 2 aliphatic rings. The van der Waals surface area contributed by atoms with Gasteiger partial charge in [-0.15, -0.1) is 0 Å². The summed E-state index contributed by atoms with van der Waals surface area (Å²) in [6, 6.07) is 9.59. The minimum absolute atomic E-state index is 0.266. The number of nitrogens with zero attached hydrogens (tertiary/aromatic N) is 1. The molecular formula is C25H26INO. The number of fused-ring (bicyclic) bond motifs is 7. The van der Waals surface area contributed by atoms with Gasteiger partial charge < -0.3 is 9.32 Å². The van der Waals surface area contributed by atoms with Gasteiger partial charge in [0.15, 0.2) is 0 Å². The van der Waals surface area contributed by atoms with E-state index in [-0.39, 0.29) is 6.04 Å². The molecule has 0 radical (unpaired) electrons. The zero-order valence-corrected chi connectivity index (χ0v) is 19.0. The Morgan fingerprint density at radius 2 is 1.82 bits per heavy atom. The van der Waals surface area contributed by atoms with Crippen LogP contribution in [-0.4, -0.2) is 11.4 Å². The molecule has 0 fully saturated rings. The first-order valence-corrected chi connectivity index (χ1v) is 11.5. The summed E-state index contributed by atoms with van der Waals surface area (Å²) in [6.07, 6.45) is 8.82. The zero-order chi connectivity index (χ0) is 19.6. The van der Waals surface area contributed by atoms with Gasteiger partial charge in [0.2, 0.25) is 0 Å². The van der Waals surface area contributed by atoms with Gasteiger partial charge in [0.1, 0.15) is 11.2 Å². The monoisotopic (exact) mass is 483 g/mol. The smallest absolute Gasteiger partial charge is 0.141 e. The second kappa shape index (κ2) is 6.65. The molecule has 2 aliphatic heterocycles. The average Bonchev–Trinajstić information content (AvgIpc) is 3.05. The van der Waals surface area contributed by atoms with Crippen LogP contribution in [-0.2, 0) is 0 Å². The number of allylic oxidation sites excluding steroid dienone is 2. The van der Waals surface area contributed by atoms with Crippen molar-refractivity contribution in [3.05, 3.63) is 70.9 Å². The second-order valence-corrected chi connectivity index (χ2v) is 10.2. The van der Waals surface area contributed by atoms with Crippen molar-refractivity contribution >= 4 is 44.5 Å². The number of benzene rings is 2. The van der Waals surface area contributed by atoms with Crippen LogP contribution in [0.5, 0.6) is 0 Å². The highest BCUT2D eigenvalue weighted by molar-refractivity contribution is 14.1. The molecule has 3 heteroatoms. The van der Waals surface area contributed by atoms with Crippen molar-refractivity contribution in [2.45, 2.75) is 49.5 Å². The zero-order valence-electron chi connectivity index (χ0n) is 16.9. The molecule has 0 N–H and O–H groups in total. The van der Waals surface area contributed by atoms with Gasteiger partial charge in [-0.1, -0.05) is 80.6 Å². The first-order chi connectivity index (χ1) is 13.5. The van der Waals surface area contributed by atoms with Crippen molar-refractivity contribution in [1.82, 2.24) is 4.90 Å². The van der Waals surface area contributed by atoms with E-state index < -0.39 is 0 Å². The van der Waals surface area contributed by atoms with E-state index in [4.69, 9.17) is 4.42 Å². The Kier molecular flexibility index (Phi) is 4.34. The molecule has 0 aliphatic carbocycles. The van der Waals surface area contributed by atoms with Crippen LogP contribution in [0.2, 0.25) is 0 Å². The van der Waals surface area contributed by atoms with Gasteiger partial charge in [0.25, 0.3) is 0 Å². The van der Waals surface area contributed by atoms with Gasteiger partial charge in [-0.05, 0) is 46.9 Å². The van der Waals surface area contributed by atoms with E-state index in [0.29, 0.717) is 15.8 Å². The Bertz CT molecular complexity index is 1130. The number of furan rings is 1. The molecule has 0 amide bonds. The lowest BCUT2D eigenvalue weighted by Crippen LogP contribution is -2.32. The topological polar surface area (TPSA) is 16.4 Å². The normalized spacial score (nSPS) is 21.2. The highest BCUT2D eigenvalue weighted by atomic mass is 127. The molecule has 3 aromatic rings. The van der Waals surface area contributed by atoms with Gasteiger partial charge in [0.05, 0.1) is 9.97 Å². The molecule has 2 aromatic carbocycles. The third-order valence-electron chi connectivity index (χ3n) is 6.20. The van der Waals surface area contributed by atoms with Gasteiger partial charge in [-0.25, -0.2) is 0 Å². The lowest BCUT2D eigenvalue weighted by atomic mass is 9.89. The van der Waals surface area contributed by atoms with Crippen molar-refractivity contribution < 1.29 is 4.42 Å². The minimum atomic E-state index is 0.266. The van der Waals surface area contributed by atoms with E-state index >= 15 is 0 Å². The molecule has 1 aromatic heterocycles. The molecule has 2 unspecified atom stereocenters. The third-order valence-corrected chi connectivity index (χ3v) is 7.26. The van der Waals surface area contributed by atoms with E-state index in [1.807, 2.05) is 0 Å². The summed E-state index contributed by atoms with van der Waals surface area (Å²) in [7, 11) is 0. The number of hydrogen-bond acceptors (Lipinski definition) is 2. The SMILES string of the molecule is CC(C)c1cc(C(C)C)c2oc3c4c(ccc3c2c1)C(I)CN1C=CC=CC41. The lowest BCUT2D eigenvalue weighted by Gasteiger charge is -2.38. The summed E-state index contributed by atoms with van der Waals surface area (Å²) < 4.78 is 7.15. The van der Waals surface area contributed by atoms with Crippen LogP contribution in [0.25, 0.3) is 21.9 Å². The predicted octanol–water partition coefficient (Wildman–Crippen LogP) is 7.75. The first kappa shape index (κ1) is 18.3. The molecule has 2 nitrogen and oxygen atoms in total. The largest absolute Gasteiger partial charge is 0.455 e. The molecule has 28 heavy (non-hydrogen) atoms. The van der Waals surface area contributed by atoms with Crippen molar-refractivity contribution in [3.8, 4) is 0 Å². The van der Waals surface area contributed by atoms with E-state index in [1.54, 1.807) is 0 Å². The molecular weight excluding hydrogens is 457 g/mol. The lowest BCUT2D eigenvalue weighted by molar-refractivity contribution is 0.306. The van der Waals surface area contributed by atoms with Crippen LogP contribution in [0.4, 0.5) is 0 Å². The molecule has 0 saturated heterocycles. The number of rotatable bonds is 2. The predicted molar refractivity (Wildman–Crippen MR) is 126 cm³/mol. The molecule has 144 valence electrons. The van der Waals surface area contributed by atoms with Gasteiger partial charge in [-0.2, -0.15) is 0 Å². The maximum atomic E-state index is 6.69. The molecule has 0 saturated carbocycles. The van der Waals surface area contributed by atoms with Crippen LogP contribution in [0.15, 0.2) is 53.1 Å². The number of alkyl halides is 1. The van der Waals surface area contributed by atoms with E-state index in [9.17, 15) is 0 Å². The summed E-state index contributed by atoms with van der Waals surface area (Å²) in [5.74, 6) is 0.939. The number of halogens is 1. The summed E-state index contributed by atoms with van der Waals surface area (Å²) in [4.78, 5) is 2.44. The van der Waals surface area contributed by atoms with E-state index in [0.717, 1.165) is 17.7 Å². The van der Waals surface area contributed by atoms with E-state index in [1.165, 1.54) is 33.0 Å². The van der Waals surface area contributed by atoms with Crippen LogP contribution in [0.1, 0.15) is 71.8 Å².